The summed E-state index contributed by atoms with van der Waals surface area (Å²) in [6, 6.07) is 11.0. The van der Waals surface area contributed by atoms with Crippen LogP contribution >= 0.6 is 0 Å². The smallest absolute Gasteiger partial charge is 0.0177 e. The van der Waals surface area contributed by atoms with Gasteiger partial charge in [-0.1, -0.05) is 42.5 Å². The van der Waals surface area contributed by atoms with Crippen LogP contribution in [-0.2, 0) is 0 Å². The van der Waals surface area contributed by atoms with Gasteiger partial charge >= 0.3 is 0 Å². The summed E-state index contributed by atoms with van der Waals surface area (Å²) in [5, 5.41) is 0. The number of nitrogens with two attached hydrogens (primary N) is 1. The maximum atomic E-state index is 6.24. The van der Waals surface area contributed by atoms with Crippen molar-refractivity contribution < 1.29 is 0 Å². The third kappa shape index (κ3) is 1.05. The van der Waals surface area contributed by atoms with Gasteiger partial charge in [-0.2, -0.15) is 0 Å². The molecule has 1 unspecified atom stereocenters. The molecule has 2 N–H and O–H groups in total. The monoisotopic (exact) mass is 185 g/mol. The van der Waals surface area contributed by atoms with E-state index >= 15 is 0 Å². The van der Waals surface area contributed by atoms with Crippen molar-refractivity contribution in [3.8, 4) is 0 Å². The van der Waals surface area contributed by atoms with Gasteiger partial charge in [-0.25, -0.2) is 0 Å². The normalized spacial score (nSPS) is 39.2. The van der Waals surface area contributed by atoms with Gasteiger partial charge in [0.2, 0.25) is 0 Å². The van der Waals surface area contributed by atoms with E-state index in [1.807, 2.05) is 0 Å². The number of fused-ring (bicyclic) bond motifs is 2. The molecule has 1 aromatic carbocycles. The summed E-state index contributed by atoms with van der Waals surface area (Å²) in [5.41, 5.74) is 7.66. The lowest BCUT2D eigenvalue weighted by atomic mass is 9.84. The van der Waals surface area contributed by atoms with Crippen molar-refractivity contribution in [3.05, 3.63) is 48.0 Å². The van der Waals surface area contributed by atoms with Gasteiger partial charge in [-0.05, 0) is 23.8 Å². The predicted octanol–water partition coefficient (Wildman–Crippen LogP) is 2.30. The van der Waals surface area contributed by atoms with E-state index in [1.165, 1.54) is 12.0 Å². The fourth-order valence-corrected chi connectivity index (χ4v) is 3.01. The zero-order chi connectivity index (χ0) is 9.54. The van der Waals surface area contributed by atoms with Crippen LogP contribution in [0.3, 0.4) is 0 Å². The van der Waals surface area contributed by atoms with Gasteiger partial charge in [0.15, 0.2) is 0 Å². The third-order valence-electron chi connectivity index (χ3n) is 3.70. The lowest BCUT2D eigenvalue weighted by Crippen LogP contribution is -2.31. The molecular formula is C13H15N. The number of hydrogen-bond donors (Lipinski definition) is 1. The van der Waals surface area contributed by atoms with Crippen LogP contribution in [0, 0.1) is 11.8 Å². The lowest BCUT2D eigenvalue weighted by molar-refractivity contribution is 0.504. The average Bonchev–Trinajstić information content (AvgIpc) is 2.79. The maximum Gasteiger partial charge on any atom is 0.0177 e. The number of hydrogen-bond acceptors (Lipinski definition) is 1. The lowest BCUT2D eigenvalue weighted by Gasteiger charge is -2.24. The Balaban J connectivity index is 1.97. The van der Waals surface area contributed by atoms with Gasteiger partial charge in [-0.15, -0.1) is 0 Å². The molecule has 0 radical (unpaired) electrons. The Bertz CT molecular complexity index is 355. The fourth-order valence-electron chi connectivity index (χ4n) is 3.01. The Labute approximate surface area is 84.6 Å². The van der Waals surface area contributed by atoms with E-state index in [0.29, 0.717) is 23.8 Å². The molecule has 0 saturated heterocycles. The molecule has 1 fully saturated rings. The first-order chi connectivity index (χ1) is 6.86. The third-order valence-corrected chi connectivity index (χ3v) is 3.70. The van der Waals surface area contributed by atoms with Gasteiger partial charge in [0.1, 0.15) is 0 Å². The first-order valence-corrected chi connectivity index (χ1v) is 5.35. The van der Waals surface area contributed by atoms with Crippen LogP contribution in [0.1, 0.15) is 17.9 Å². The predicted molar refractivity (Wildman–Crippen MR) is 57.9 cm³/mol. The minimum absolute atomic E-state index is 0.340. The maximum absolute atomic E-state index is 6.24. The van der Waals surface area contributed by atoms with E-state index in [0.717, 1.165) is 0 Å². The molecule has 3 rings (SSSR count). The second-order valence-electron chi connectivity index (χ2n) is 4.46. The van der Waals surface area contributed by atoms with Gasteiger partial charge in [0, 0.05) is 12.0 Å². The van der Waals surface area contributed by atoms with Crippen molar-refractivity contribution in [2.24, 2.45) is 17.6 Å². The molecule has 0 spiro atoms. The van der Waals surface area contributed by atoms with Gasteiger partial charge < -0.3 is 5.73 Å². The first-order valence-electron chi connectivity index (χ1n) is 5.35. The van der Waals surface area contributed by atoms with Crippen molar-refractivity contribution in [1.29, 1.82) is 0 Å². The summed E-state index contributed by atoms with van der Waals surface area (Å²) < 4.78 is 0. The molecule has 1 saturated carbocycles. The summed E-state index contributed by atoms with van der Waals surface area (Å²) in [6.45, 7) is 0. The molecule has 0 amide bonds. The highest BCUT2D eigenvalue weighted by Crippen LogP contribution is 2.47. The SMILES string of the molecule is NC1[C@@H]2C=C[C@@H](C2)[C@H]1c1ccccc1. The molecule has 0 aromatic heterocycles. The molecule has 1 nitrogen and oxygen atoms in total. The highest BCUT2D eigenvalue weighted by Gasteiger charge is 2.42. The number of benzene rings is 1. The molecule has 2 bridgehead atoms. The molecule has 1 heteroatoms. The molecule has 0 aliphatic heterocycles. The van der Waals surface area contributed by atoms with E-state index in [2.05, 4.69) is 42.5 Å². The first kappa shape index (κ1) is 8.25. The van der Waals surface area contributed by atoms with Crippen LogP contribution < -0.4 is 5.73 Å². The molecular weight excluding hydrogens is 170 g/mol. The molecule has 0 heterocycles. The minimum atomic E-state index is 0.340. The van der Waals surface area contributed by atoms with Crippen LogP contribution in [0.2, 0.25) is 0 Å². The van der Waals surface area contributed by atoms with Crippen LogP contribution in [-0.4, -0.2) is 6.04 Å². The molecule has 1 aromatic rings. The summed E-state index contributed by atoms with van der Waals surface area (Å²) in [6.07, 6.45) is 5.92. The van der Waals surface area contributed by atoms with Crippen LogP contribution in [0.15, 0.2) is 42.5 Å². The number of rotatable bonds is 1. The Morgan fingerprint density at radius 1 is 1.00 bits per heavy atom. The van der Waals surface area contributed by atoms with Crippen molar-refractivity contribution in [3.63, 3.8) is 0 Å². The van der Waals surface area contributed by atoms with Gasteiger partial charge in [0.05, 0.1) is 0 Å². The Morgan fingerprint density at radius 3 is 2.36 bits per heavy atom. The zero-order valence-corrected chi connectivity index (χ0v) is 8.14. The van der Waals surface area contributed by atoms with Crippen LogP contribution in [0.4, 0.5) is 0 Å². The second kappa shape index (κ2) is 2.96. The van der Waals surface area contributed by atoms with Crippen molar-refractivity contribution in [2.75, 3.05) is 0 Å². The highest BCUT2D eigenvalue weighted by molar-refractivity contribution is 5.30. The topological polar surface area (TPSA) is 26.0 Å². The second-order valence-corrected chi connectivity index (χ2v) is 4.46. The summed E-state index contributed by atoms with van der Waals surface area (Å²) >= 11 is 0. The van der Waals surface area contributed by atoms with Crippen LogP contribution in [0.5, 0.6) is 0 Å². The minimum Gasteiger partial charge on any atom is -0.327 e. The van der Waals surface area contributed by atoms with Crippen molar-refractivity contribution >= 4 is 0 Å². The van der Waals surface area contributed by atoms with E-state index in [1.54, 1.807) is 0 Å². The molecule has 4 atom stereocenters. The summed E-state index contributed by atoms with van der Waals surface area (Å²) in [4.78, 5) is 0. The fraction of sp³-hybridized carbons (Fsp3) is 0.385. The van der Waals surface area contributed by atoms with E-state index in [9.17, 15) is 0 Å². The van der Waals surface area contributed by atoms with Crippen molar-refractivity contribution in [2.45, 2.75) is 18.4 Å². The quantitative estimate of drug-likeness (QED) is 0.667. The number of allylic oxidation sites excluding steroid dienone is 1. The Hall–Kier alpha value is -1.08. The Kier molecular flexibility index (Phi) is 1.74. The van der Waals surface area contributed by atoms with Gasteiger partial charge in [0.25, 0.3) is 0 Å². The molecule has 2 aliphatic carbocycles. The summed E-state index contributed by atoms with van der Waals surface area (Å²) in [5.74, 6) is 1.88. The van der Waals surface area contributed by atoms with E-state index in [-0.39, 0.29) is 0 Å². The largest absolute Gasteiger partial charge is 0.327 e. The van der Waals surface area contributed by atoms with Gasteiger partial charge in [-0.3, -0.25) is 0 Å². The van der Waals surface area contributed by atoms with Crippen molar-refractivity contribution in [1.82, 2.24) is 0 Å². The average molecular weight is 185 g/mol. The zero-order valence-electron chi connectivity index (χ0n) is 8.14. The Morgan fingerprint density at radius 2 is 1.71 bits per heavy atom. The molecule has 14 heavy (non-hydrogen) atoms. The van der Waals surface area contributed by atoms with Crippen LogP contribution in [0.25, 0.3) is 0 Å². The highest BCUT2D eigenvalue weighted by atomic mass is 14.7. The van der Waals surface area contributed by atoms with E-state index in [4.69, 9.17) is 5.73 Å². The standard InChI is InChI=1S/C13H15N/c14-13-11-7-6-10(8-11)12(13)9-4-2-1-3-5-9/h1-7,10-13H,8,14H2/t10-,11+,12+,13?/m0/s1. The van der Waals surface area contributed by atoms with E-state index < -0.39 is 0 Å². The summed E-state index contributed by atoms with van der Waals surface area (Å²) in [7, 11) is 0. The molecule has 2 aliphatic rings. The molecule has 72 valence electrons.